The van der Waals surface area contributed by atoms with E-state index in [0.29, 0.717) is 19.1 Å². The number of rotatable bonds is 3. The maximum Gasteiger partial charge on any atom is 0.294 e. The van der Waals surface area contributed by atoms with E-state index in [0.717, 1.165) is 18.7 Å². The standard InChI is InChI=1S/C12H17N5O3/c1-13-11(18)8-6-20-5-4-17(8)12(19)10-14-9(15-16-10)7-2-3-7/h7-8H,2-6H2,1H3,(H,13,18)(H,14,15,16). The van der Waals surface area contributed by atoms with Crippen LogP contribution in [-0.2, 0) is 9.53 Å². The fraction of sp³-hybridized carbons (Fsp3) is 0.667. The summed E-state index contributed by atoms with van der Waals surface area (Å²) in [6.45, 7) is 0.981. The molecule has 1 saturated carbocycles. The third kappa shape index (κ3) is 2.38. The first kappa shape index (κ1) is 13.0. The number of nitrogens with zero attached hydrogens (tertiary/aromatic N) is 3. The average Bonchev–Trinajstić information content (AvgIpc) is 3.23. The van der Waals surface area contributed by atoms with Gasteiger partial charge >= 0.3 is 0 Å². The van der Waals surface area contributed by atoms with Gasteiger partial charge in [0.1, 0.15) is 11.9 Å². The fourth-order valence-electron chi connectivity index (χ4n) is 2.27. The molecule has 1 aliphatic heterocycles. The van der Waals surface area contributed by atoms with Crippen molar-refractivity contribution < 1.29 is 14.3 Å². The minimum atomic E-state index is -0.621. The molecule has 2 fully saturated rings. The molecule has 8 nitrogen and oxygen atoms in total. The minimum absolute atomic E-state index is 0.128. The highest BCUT2D eigenvalue weighted by Gasteiger charge is 2.35. The lowest BCUT2D eigenvalue weighted by Crippen LogP contribution is -2.55. The van der Waals surface area contributed by atoms with Gasteiger partial charge in [-0.05, 0) is 12.8 Å². The lowest BCUT2D eigenvalue weighted by molar-refractivity contribution is -0.130. The number of amides is 2. The van der Waals surface area contributed by atoms with Crippen LogP contribution in [-0.4, -0.2) is 64.7 Å². The van der Waals surface area contributed by atoms with Gasteiger partial charge in [-0.25, -0.2) is 4.98 Å². The molecule has 2 aliphatic rings. The summed E-state index contributed by atoms with van der Waals surface area (Å²) in [4.78, 5) is 29.9. The fourth-order valence-corrected chi connectivity index (χ4v) is 2.27. The normalized spacial score (nSPS) is 22.6. The molecule has 1 aromatic rings. The average molecular weight is 279 g/mol. The first-order valence-corrected chi connectivity index (χ1v) is 6.73. The summed E-state index contributed by atoms with van der Waals surface area (Å²) in [5, 5.41) is 9.32. The number of hydrogen-bond acceptors (Lipinski definition) is 5. The van der Waals surface area contributed by atoms with Gasteiger partial charge in [0.15, 0.2) is 0 Å². The zero-order chi connectivity index (χ0) is 14.1. The Bertz CT molecular complexity index is 525. The third-order valence-corrected chi connectivity index (χ3v) is 3.60. The number of H-pyrrole nitrogens is 1. The van der Waals surface area contributed by atoms with Gasteiger partial charge in [-0.1, -0.05) is 0 Å². The van der Waals surface area contributed by atoms with Crippen LogP contribution in [0.2, 0.25) is 0 Å². The Labute approximate surface area is 115 Å². The number of carbonyl (C=O) groups is 2. The molecule has 0 spiro atoms. The monoisotopic (exact) mass is 279 g/mol. The van der Waals surface area contributed by atoms with Crippen LogP contribution >= 0.6 is 0 Å². The van der Waals surface area contributed by atoms with Crippen LogP contribution in [0.4, 0.5) is 0 Å². The van der Waals surface area contributed by atoms with E-state index in [4.69, 9.17) is 4.74 Å². The molecule has 1 unspecified atom stereocenters. The SMILES string of the molecule is CNC(=O)C1COCCN1C(=O)c1n[nH]c(C2CC2)n1. The molecule has 1 atom stereocenters. The molecule has 0 aromatic carbocycles. The van der Waals surface area contributed by atoms with Crippen LogP contribution < -0.4 is 5.32 Å². The molecule has 20 heavy (non-hydrogen) atoms. The molecule has 2 amide bonds. The molecule has 108 valence electrons. The van der Waals surface area contributed by atoms with Crippen LogP contribution in [0.1, 0.15) is 35.2 Å². The molecule has 0 bridgehead atoms. The topological polar surface area (TPSA) is 100 Å². The summed E-state index contributed by atoms with van der Waals surface area (Å²) in [7, 11) is 1.54. The van der Waals surface area contributed by atoms with Gasteiger partial charge in [0.05, 0.1) is 13.2 Å². The van der Waals surface area contributed by atoms with Gasteiger partial charge in [-0.3, -0.25) is 14.7 Å². The Morgan fingerprint density at radius 2 is 2.25 bits per heavy atom. The molecule has 8 heteroatoms. The highest BCUT2D eigenvalue weighted by molar-refractivity contribution is 5.95. The van der Waals surface area contributed by atoms with Gasteiger partial charge in [0.25, 0.3) is 5.91 Å². The van der Waals surface area contributed by atoms with Crippen molar-refractivity contribution in [3.05, 3.63) is 11.6 Å². The Hall–Kier alpha value is -1.96. The lowest BCUT2D eigenvalue weighted by Gasteiger charge is -2.33. The van der Waals surface area contributed by atoms with E-state index in [1.54, 1.807) is 0 Å². The van der Waals surface area contributed by atoms with Crippen molar-refractivity contribution in [3.8, 4) is 0 Å². The number of aromatic amines is 1. The number of carbonyl (C=O) groups excluding carboxylic acids is 2. The highest BCUT2D eigenvalue weighted by atomic mass is 16.5. The van der Waals surface area contributed by atoms with Gasteiger partial charge in [0.2, 0.25) is 11.7 Å². The van der Waals surface area contributed by atoms with Crippen LogP contribution in [0, 0.1) is 0 Å². The Morgan fingerprint density at radius 1 is 1.45 bits per heavy atom. The van der Waals surface area contributed by atoms with E-state index in [9.17, 15) is 9.59 Å². The number of aromatic nitrogens is 3. The predicted molar refractivity (Wildman–Crippen MR) is 68.1 cm³/mol. The lowest BCUT2D eigenvalue weighted by atomic mass is 10.2. The molecule has 2 N–H and O–H groups in total. The van der Waals surface area contributed by atoms with E-state index in [-0.39, 0.29) is 24.2 Å². The molecular formula is C12H17N5O3. The third-order valence-electron chi connectivity index (χ3n) is 3.60. The summed E-state index contributed by atoms with van der Waals surface area (Å²) < 4.78 is 5.27. The van der Waals surface area contributed by atoms with Gasteiger partial charge < -0.3 is 15.0 Å². The Kier molecular flexibility index (Phi) is 3.39. The second-order valence-electron chi connectivity index (χ2n) is 5.02. The van der Waals surface area contributed by atoms with Gasteiger partial charge in [0, 0.05) is 19.5 Å². The Morgan fingerprint density at radius 3 is 2.95 bits per heavy atom. The summed E-state index contributed by atoms with van der Waals surface area (Å²) in [5.41, 5.74) is 0. The number of morpholine rings is 1. The van der Waals surface area contributed by atoms with E-state index in [1.807, 2.05) is 0 Å². The van der Waals surface area contributed by atoms with E-state index in [2.05, 4.69) is 20.5 Å². The van der Waals surface area contributed by atoms with Crippen molar-refractivity contribution in [3.63, 3.8) is 0 Å². The van der Waals surface area contributed by atoms with E-state index >= 15 is 0 Å². The second kappa shape index (κ2) is 5.20. The number of nitrogens with one attached hydrogen (secondary N) is 2. The molecule has 1 aliphatic carbocycles. The molecule has 3 rings (SSSR count). The van der Waals surface area contributed by atoms with Crippen LogP contribution in [0.25, 0.3) is 0 Å². The molecular weight excluding hydrogens is 262 g/mol. The molecule has 0 radical (unpaired) electrons. The number of ether oxygens (including phenoxy) is 1. The van der Waals surface area contributed by atoms with Gasteiger partial charge in [-0.15, -0.1) is 5.10 Å². The zero-order valence-corrected chi connectivity index (χ0v) is 11.3. The highest BCUT2D eigenvalue weighted by Crippen LogP contribution is 2.37. The summed E-state index contributed by atoms with van der Waals surface area (Å²) in [5.74, 6) is 0.727. The van der Waals surface area contributed by atoms with Gasteiger partial charge in [-0.2, -0.15) is 0 Å². The Balaban J connectivity index is 1.77. The van der Waals surface area contributed by atoms with Crippen LogP contribution in [0.15, 0.2) is 0 Å². The quantitative estimate of drug-likeness (QED) is 0.759. The van der Waals surface area contributed by atoms with E-state index in [1.165, 1.54) is 11.9 Å². The zero-order valence-electron chi connectivity index (χ0n) is 11.3. The van der Waals surface area contributed by atoms with Crippen molar-refractivity contribution in [1.29, 1.82) is 0 Å². The smallest absolute Gasteiger partial charge is 0.294 e. The number of hydrogen-bond donors (Lipinski definition) is 2. The summed E-state index contributed by atoms with van der Waals surface area (Å²) >= 11 is 0. The summed E-state index contributed by atoms with van der Waals surface area (Å²) in [6, 6.07) is -0.621. The minimum Gasteiger partial charge on any atom is -0.377 e. The van der Waals surface area contributed by atoms with Crippen LogP contribution in [0.5, 0.6) is 0 Å². The van der Waals surface area contributed by atoms with E-state index < -0.39 is 6.04 Å². The molecule has 2 heterocycles. The maximum absolute atomic E-state index is 12.4. The van der Waals surface area contributed by atoms with Crippen LogP contribution in [0.3, 0.4) is 0 Å². The first-order valence-electron chi connectivity index (χ1n) is 6.73. The summed E-state index contributed by atoms with van der Waals surface area (Å²) in [6.07, 6.45) is 2.17. The van der Waals surface area contributed by atoms with Crippen molar-refractivity contribution in [2.24, 2.45) is 0 Å². The van der Waals surface area contributed by atoms with Crippen molar-refractivity contribution in [2.45, 2.75) is 24.8 Å². The maximum atomic E-state index is 12.4. The second-order valence-corrected chi connectivity index (χ2v) is 5.02. The largest absolute Gasteiger partial charge is 0.377 e. The predicted octanol–water partition coefficient (Wildman–Crippen LogP) is -0.731. The molecule has 1 saturated heterocycles. The van der Waals surface area contributed by atoms with Crippen molar-refractivity contribution in [2.75, 3.05) is 26.8 Å². The number of likely N-dealkylation sites (N-methyl/N-ethyl adjacent to an activating group) is 1. The van der Waals surface area contributed by atoms with Crippen molar-refractivity contribution in [1.82, 2.24) is 25.4 Å². The molecule has 1 aromatic heterocycles. The van der Waals surface area contributed by atoms with Crippen molar-refractivity contribution >= 4 is 11.8 Å². The first-order chi connectivity index (χ1) is 9.70.